The molecule has 6 heteroatoms. The van der Waals surface area contributed by atoms with E-state index in [1.807, 2.05) is 18.2 Å². The number of fused-ring (bicyclic) bond motifs is 1. The van der Waals surface area contributed by atoms with E-state index in [0.717, 1.165) is 5.56 Å². The van der Waals surface area contributed by atoms with E-state index in [1.54, 1.807) is 36.0 Å². The second kappa shape index (κ2) is 7.92. The van der Waals surface area contributed by atoms with Crippen molar-refractivity contribution in [1.82, 2.24) is 0 Å². The highest BCUT2D eigenvalue weighted by Crippen LogP contribution is 2.39. The summed E-state index contributed by atoms with van der Waals surface area (Å²) in [6, 6.07) is 12.6. The maximum atomic E-state index is 12.6. The molecule has 0 fully saturated rings. The molecule has 0 aliphatic carbocycles. The molecule has 0 bridgehead atoms. The van der Waals surface area contributed by atoms with E-state index in [9.17, 15) is 4.79 Å². The van der Waals surface area contributed by atoms with Crippen molar-refractivity contribution < 1.29 is 19.4 Å². The summed E-state index contributed by atoms with van der Waals surface area (Å²) in [6.07, 6.45) is 0.339. The molecule has 24 heavy (non-hydrogen) atoms. The number of ether oxygens (including phenoxy) is 2. The van der Waals surface area contributed by atoms with Crippen LogP contribution < -0.4 is 9.47 Å². The predicted molar refractivity (Wildman–Crippen MR) is 95.2 cm³/mol. The van der Waals surface area contributed by atoms with E-state index in [4.69, 9.17) is 26.2 Å². The van der Waals surface area contributed by atoms with Crippen LogP contribution in [0.2, 0.25) is 5.02 Å². The van der Waals surface area contributed by atoms with Gasteiger partial charge in [0.15, 0.2) is 17.3 Å². The highest BCUT2D eigenvalue weighted by molar-refractivity contribution is 7.99. The van der Waals surface area contributed by atoms with Gasteiger partial charge < -0.3 is 14.6 Å². The van der Waals surface area contributed by atoms with Gasteiger partial charge in [0.1, 0.15) is 0 Å². The number of ketones is 1. The second-order valence-corrected chi connectivity index (χ2v) is 7.08. The van der Waals surface area contributed by atoms with Crippen LogP contribution in [-0.4, -0.2) is 30.0 Å². The fraction of sp³-hybridized carbons (Fsp3) is 0.278. The Balaban J connectivity index is 1.78. The largest absolute Gasteiger partial charge is 0.454 e. The number of carbonyl (C=O) groups excluding carboxylic acids is 1. The van der Waals surface area contributed by atoms with E-state index in [2.05, 4.69) is 0 Å². The minimum Gasteiger partial charge on any atom is -0.454 e. The van der Waals surface area contributed by atoms with Gasteiger partial charge in [0.05, 0.1) is 6.61 Å². The number of aliphatic hydroxyl groups is 1. The molecule has 2 aromatic rings. The van der Waals surface area contributed by atoms with Gasteiger partial charge in [-0.3, -0.25) is 4.79 Å². The first-order chi connectivity index (χ1) is 11.7. The van der Waals surface area contributed by atoms with Crippen molar-refractivity contribution in [3.05, 3.63) is 58.6 Å². The minimum atomic E-state index is -0.0603. The Kier molecular flexibility index (Phi) is 5.66. The smallest absolute Gasteiger partial charge is 0.231 e. The van der Waals surface area contributed by atoms with Crippen LogP contribution in [0.4, 0.5) is 0 Å². The van der Waals surface area contributed by atoms with Crippen LogP contribution in [0.25, 0.3) is 0 Å². The van der Waals surface area contributed by atoms with Crippen molar-refractivity contribution in [3.63, 3.8) is 0 Å². The van der Waals surface area contributed by atoms with Crippen molar-refractivity contribution in [3.8, 4) is 11.5 Å². The van der Waals surface area contributed by atoms with Crippen molar-refractivity contribution in [2.24, 2.45) is 0 Å². The molecular weight excluding hydrogens is 348 g/mol. The van der Waals surface area contributed by atoms with Crippen LogP contribution in [0.1, 0.15) is 27.6 Å². The Bertz CT molecular complexity index is 717. The van der Waals surface area contributed by atoms with E-state index < -0.39 is 0 Å². The highest BCUT2D eigenvalue weighted by atomic mass is 35.5. The molecule has 0 saturated carbocycles. The summed E-state index contributed by atoms with van der Waals surface area (Å²) in [7, 11) is 0. The maximum Gasteiger partial charge on any atom is 0.231 e. The SMILES string of the molecule is O=C(C[C@@H](SCCO)c1ccc2c(c1)OCO2)c1ccc(Cl)cc1. The number of halogens is 1. The minimum absolute atomic E-state index is 0.0415. The third-order valence-corrected chi connectivity index (χ3v) is 5.23. The first kappa shape index (κ1) is 17.1. The van der Waals surface area contributed by atoms with Gasteiger partial charge >= 0.3 is 0 Å². The lowest BCUT2D eigenvalue weighted by Gasteiger charge is -2.16. The summed E-state index contributed by atoms with van der Waals surface area (Å²) in [6.45, 7) is 0.289. The van der Waals surface area contributed by atoms with Gasteiger partial charge in [-0.2, -0.15) is 11.8 Å². The molecule has 4 nitrogen and oxygen atoms in total. The first-order valence-corrected chi connectivity index (χ1v) is 9.01. The van der Waals surface area contributed by atoms with Crippen LogP contribution in [-0.2, 0) is 0 Å². The third-order valence-electron chi connectivity index (χ3n) is 3.72. The van der Waals surface area contributed by atoms with Gasteiger partial charge in [-0.25, -0.2) is 0 Å². The summed E-state index contributed by atoms with van der Waals surface area (Å²) in [5.41, 5.74) is 1.62. The molecule has 2 aromatic carbocycles. The van der Waals surface area contributed by atoms with Crippen LogP contribution in [0.15, 0.2) is 42.5 Å². The van der Waals surface area contributed by atoms with Crippen LogP contribution in [0.3, 0.4) is 0 Å². The number of Topliss-reactive ketones (excluding diaryl/α,β-unsaturated/α-hetero) is 1. The first-order valence-electron chi connectivity index (χ1n) is 7.58. The number of hydrogen-bond donors (Lipinski definition) is 1. The van der Waals surface area contributed by atoms with E-state index in [1.165, 1.54) is 0 Å². The fourth-order valence-corrected chi connectivity index (χ4v) is 3.63. The van der Waals surface area contributed by atoms with E-state index in [-0.39, 0.29) is 24.4 Å². The normalized spacial score (nSPS) is 13.8. The highest BCUT2D eigenvalue weighted by Gasteiger charge is 2.21. The summed E-state index contributed by atoms with van der Waals surface area (Å²) in [5.74, 6) is 2.02. The molecular formula is C18H17ClO4S. The molecule has 0 saturated heterocycles. The van der Waals surface area contributed by atoms with Crippen LogP contribution in [0.5, 0.6) is 11.5 Å². The zero-order valence-electron chi connectivity index (χ0n) is 12.9. The molecule has 0 radical (unpaired) electrons. The van der Waals surface area contributed by atoms with Gasteiger partial charge in [-0.1, -0.05) is 17.7 Å². The Hall–Kier alpha value is -1.69. The van der Waals surface area contributed by atoms with Gasteiger partial charge in [0, 0.05) is 28.0 Å². The van der Waals surface area contributed by atoms with Crippen molar-refractivity contribution in [1.29, 1.82) is 0 Å². The summed E-state index contributed by atoms with van der Waals surface area (Å²) >= 11 is 7.42. The molecule has 1 atom stereocenters. The topological polar surface area (TPSA) is 55.8 Å². The standard InChI is InChI=1S/C18H17ClO4S/c19-14-4-1-12(2-5-14)15(21)10-18(24-8-7-20)13-3-6-16-17(9-13)23-11-22-16/h1-6,9,18,20H,7-8,10-11H2/t18-/m1/s1. The number of aliphatic hydroxyl groups excluding tert-OH is 1. The van der Waals surface area contributed by atoms with E-state index >= 15 is 0 Å². The lowest BCUT2D eigenvalue weighted by molar-refractivity contribution is 0.0982. The van der Waals surface area contributed by atoms with Crippen molar-refractivity contribution in [2.75, 3.05) is 19.2 Å². The molecule has 3 rings (SSSR count). The maximum absolute atomic E-state index is 12.6. The van der Waals surface area contributed by atoms with Gasteiger partial charge in [-0.05, 0) is 42.0 Å². The molecule has 1 N–H and O–H groups in total. The molecule has 0 unspecified atom stereocenters. The van der Waals surface area contributed by atoms with Crippen molar-refractivity contribution >= 4 is 29.1 Å². The molecule has 1 aliphatic rings. The van der Waals surface area contributed by atoms with Gasteiger partial charge in [-0.15, -0.1) is 0 Å². The lowest BCUT2D eigenvalue weighted by Crippen LogP contribution is -2.07. The molecule has 1 heterocycles. The average Bonchev–Trinajstić information content (AvgIpc) is 3.06. The quantitative estimate of drug-likeness (QED) is 0.749. The molecule has 0 spiro atoms. The molecule has 126 valence electrons. The summed E-state index contributed by atoms with van der Waals surface area (Å²) in [4.78, 5) is 12.6. The Morgan fingerprint density at radius 3 is 2.67 bits per heavy atom. The number of rotatable bonds is 7. The predicted octanol–water partition coefficient (Wildman–Crippen LogP) is 4.11. The summed E-state index contributed by atoms with van der Waals surface area (Å²) in [5, 5.41) is 9.68. The number of hydrogen-bond acceptors (Lipinski definition) is 5. The number of benzene rings is 2. The monoisotopic (exact) mass is 364 g/mol. The fourth-order valence-electron chi connectivity index (χ4n) is 2.50. The average molecular weight is 365 g/mol. The Morgan fingerprint density at radius 1 is 1.17 bits per heavy atom. The molecule has 0 amide bonds. The zero-order chi connectivity index (χ0) is 16.9. The number of carbonyl (C=O) groups is 1. The third kappa shape index (κ3) is 4.04. The van der Waals surface area contributed by atoms with E-state index in [0.29, 0.717) is 34.3 Å². The van der Waals surface area contributed by atoms with Gasteiger partial charge in [0.2, 0.25) is 6.79 Å². The van der Waals surface area contributed by atoms with Crippen LogP contribution in [0, 0.1) is 0 Å². The Morgan fingerprint density at radius 2 is 1.92 bits per heavy atom. The van der Waals surface area contributed by atoms with Crippen molar-refractivity contribution in [2.45, 2.75) is 11.7 Å². The zero-order valence-corrected chi connectivity index (χ0v) is 14.5. The van der Waals surface area contributed by atoms with Crippen LogP contribution >= 0.6 is 23.4 Å². The molecule has 0 aromatic heterocycles. The second-order valence-electron chi connectivity index (χ2n) is 5.33. The number of thioether (sulfide) groups is 1. The Labute approximate surface area is 149 Å². The summed E-state index contributed by atoms with van der Waals surface area (Å²) < 4.78 is 10.7. The molecule has 1 aliphatic heterocycles. The lowest BCUT2D eigenvalue weighted by atomic mass is 10.0. The van der Waals surface area contributed by atoms with Gasteiger partial charge in [0.25, 0.3) is 0 Å².